The first-order valence-corrected chi connectivity index (χ1v) is 17.4. The van der Waals surface area contributed by atoms with Gasteiger partial charge < -0.3 is 19.1 Å². The number of hydrogen-bond acceptors (Lipinski definition) is 7. The van der Waals surface area contributed by atoms with Crippen molar-refractivity contribution >= 4 is 22.8 Å². The van der Waals surface area contributed by atoms with Crippen molar-refractivity contribution in [2.45, 2.75) is 97.0 Å². The molecule has 0 amide bonds. The summed E-state index contributed by atoms with van der Waals surface area (Å²) >= 11 is 0. The smallest absolute Gasteiger partial charge is 0.355 e. The van der Waals surface area contributed by atoms with Crippen molar-refractivity contribution in [3.8, 4) is 11.4 Å². The van der Waals surface area contributed by atoms with E-state index in [-0.39, 0.29) is 41.0 Å². The van der Waals surface area contributed by atoms with Crippen LogP contribution in [0.15, 0.2) is 52.8 Å². The van der Waals surface area contributed by atoms with Gasteiger partial charge in [0.25, 0.3) is 5.56 Å². The molecule has 8 atom stereocenters. The number of carbonyl (C=O) groups excluding carboxylic acids is 2. The SMILES string of the molecule is CC12CCC(O)CC1=CCC1C2CCC2(C)C(C(=O)O[C@]3(C)C(=O)OCc4c3cc3n(c4=O)Cc4cc5ccccc5nc4-3)CCC12. The number of pyridine rings is 2. The molecule has 0 bridgehead atoms. The van der Waals surface area contributed by atoms with Gasteiger partial charge >= 0.3 is 11.9 Å². The van der Waals surface area contributed by atoms with Gasteiger partial charge in [0, 0.05) is 16.5 Å². The Kier molecular flexibility index (Phi) is 6.17. The Balaban J connectivity index is 1.04. The van der Waals surface area contributed by atoms with E-state index in [0.29, 0.717) is 46.8 Å². The molecule has 3 fully saturated rings. The van der Waals surface area contributed by atoms with Gasteiger partial charge in [0.05, 0.1) is 41.0 Å². The van der Waals surface area contributed by atoms with E-state index in [1.54, 1.807) is 11.5 Å². The van der Waals surface area contributed by atoms with Gasteiger partial charge in [-0.3, -0.25) is 9.59 Å². The van der Waals surface area contributed by atoms with Gasteiger partial charge in [0.1, 0.15) is 6.61 Å². The van der Waals surface area contributed by atoms with Crippen LogP contribution in [0.2, 0.25) is 0 Å². The van der Waals surface area contributed by atoms with Crippen molar-refractivity contribution < 1.29 is 24.2 Å². The molecule has 1 N–H and O–H groups in total. The Bertz CT molecular complexity index is 1980. The fraction of sp³-hybridized carbons (Fsp3) is 0.538. The number of rotatable bonds is 2. The number of nitrogens with zero attached hydrogens (tertiary/aromatic N) is 2. The number of benzene rings is 1. The Hall–Kier alpha value is -3.78. The van der Waals surface area contributed by atoms with Crippen molar-refractivity contribution in [3.63, 3.8) is 0 Å². The standard InChI is InChI=1S/C39H42N2O6/c1-37-14-12-24(42)17-23(37)8-9-25-27-10-11-29(38(27,2)15-13-28(25)37)35(44)47-39(3)30-18-32-33-22(16-21-6-4-5-7-31(21)40-33)19-41(32)34(43)26(30)20-46-36(39)45/h4-8,16,18,24-25,27-29,42H,9-15,17,19-20H2,1-3H3/t24?,25?,27?,28?,29?,37?,38?,39-/m0/s1. The summed E-state index contributed by atoms with van der Waals surface area (Å²) in [4.78, 5) is 46.7. The molecule has 7 unspecified atom stereocenters. The van der Waals surface area contributed by atoms with E-state index < -0.39 is 11.6 Å². The zero-order chi connectivity index (χ0) is 32.5. The van der Waals surface area contributed by atoms with Crippen LogP contribution in [0.3, 0.4) is 0 Å². The van der Waals surface area contributed by atoms with Crippen molar-refractivity contribution in [3.05, 3.63) is 75.1 Å². The quantitative estimate of drug-likeness (QED) is 0.207. The van der Waals surface area contributed by atoms with Gasteiger partial charge in [-0.1, -0.05) is 43.7 Å². The number of fused-ring (bicyclic) bond motifs is 10. The topological polar surface area (TPSA) is 108 Å². The molecule has 47 heavy (non-hydrogen) atoms. The number of allylic oxidation sites excluding steroid dienone is 1. The number of carbonyl (C=O) groups is 2. The third kappa shape index (κ3) is 3.97. The van der Waals surface area contributed by atoms with E-state index in [1.807, 2.05) is 30.3 Å². The van der Waals surface area contributed by atoms with Crippen molar-refractivity contribution in [1.29, 1.82) is 0 Å². The third-order valence-electron chi connectivity index (χ3n) is 13.7. The van der Waals surface area contributed by atoms with Gasteiger partial charge in [0.15, 0.2) is 0 Å². The Morgan fingerprint density at radius 1 is 1.04 bits per heavy atom. The van der Waals surface area contributed by atoms with Crippen LogP contribution >= 0.6 is 0 Å². The molecule has 3 saturated carbocycles. The summed E-state index contributed by atoms with van der Waals surface area (Å²) < 4.78 is 13.6. The molecule has 6 aliphatic rings. The van der Waals surface area contributed by atoms with Gasteiger partial charge in [-0.15, -0.1) is 0 Å². The highest BCUT2D eigenvalue weighted by molar-refractivity contribution is 5.88. The number of para-hydroxylation sites is 1. The summed E-state index contributed by atoms with van der Waals surface area (Å²) in [5.74, 6) is 0.100. The lowest BCUT2D eigenvalue weighted by atomic mass is 9.47. The monoisotopic (exact) mass is 634 g/mol. The summed E-state index contributed by atoms with van der Waals surface area (Å²) in [7, 11) is 0. The summed E-state index contributed by atoms with van der Waals surface area (Å²) in [5.41, 5.74) is 3.23. The van der Waals surface area contributed by atoms with Crippen LogP contribution in [-0.2, 0) is 37.8 Å². The minimum atomic E-state index is -1.73. The van der Waals surface area contributed by atoms with Crippen LogP contribution in [-0.4, -0.2) is 32.7 Å². The molecule has 2 aromatic heterocycles. The summed E-state index contributed by atoms with van der Waals surface area (Å²) in [6.45, 7) is 6.50. The predicted octanol–water partition coefficient (Wildman–Crippen LogP) is 6.18. The molecule has 244 valence electrons. The molecule has 4 aliphatic carbocycles. The van der Waals surface area contributed by atoms with Crippen LogP contribution in [0.25, 0.3) is 22.3 Å². The molecule has 3 aromatic rings. The molecule has 0 saturated heterocycles. The zero-order valence-corrected chi connectivity index (χ0v) is 27.4. The molecule has 4 heterocycles. The van der Waals surface area contributed by atoms with Crippen molar-refractivity contribution in [2.24, 2.45) is 34.5 Å². The van der Waals surface area contributed by atoms with E-state index in [4.69, 9.17) is 14.5 Å². The molecule has 0 radical (unpaired) electrons. The molecular weight excluding hydrogens is 592 g/mol. The van der Waals surface area contributed by atoms with Crippen LogP contribution in [0, 0.1) is 34.5 Å². The van der Waals surface area contributed by atoms with E-state index in [1.165, 1.54) is 5.57 Å². The number of cyclic esters (lactones) is 1. The minimum Gasteiger partial charge on any atom is -0.457 e. The molecule has 0 spiro atoms. The summed E-state index contributed by atoms with van der Waals surface area (Å²) in [6.07, 6.45) is 9.53. The highest BCUT2D eigenvalue weighted by Gasteiger charge is 2.61. The lowest BCUT2D eigenvalue weighted by molar-refractivity contribution is -0.192. The number of esters is 2. The van der Waals surface area contributed by atoms with Crippen molar-refractivity contribution in [1.82, 2.24) is 9.55 Å². The van der Waals surface area contributed by atoms with Gasteiger partial charge in [-0.25, -0.2) is 9.78 Å². The number of aliphatic hydroxyl groups is 1. The largest absolute Gasteiger partial charge is 0.457 e. The highest BCUT2D eigenvalue weighted by atomic mass is 16.6. The van der Waals surface area contributed by atoms with E-state index >= 15 is 0 Å². The van der Waals surface area contributed by atoms with E-state index in [2.05, 4.69) is 26.0 Å². The van der Waals surface area contributed by atoms with Crippen LogP contribution in [0.4, 0.5) is 0 Å². The first kappa shape index (κ1) is 29.4. The molecule has 8 heteroatoms. The highest BCUT2D eigenvalue weighted by Crippen LogP contribution is 2.66. The lowest BCUT2D eigenvalue weighted by Gasteiger charge is -2.57. The molecular formula is C39H42N2O6. The second kappa shape index (κ2) is 9.88. The first-order valence-electron chi connectivity index (χ1n) is 17.4. The minimum absolute atomic E-state index is 0.124. The van der Waals surface area contributed by atoms with Gasteiger partial charge in [0.2, 0.25) is 5.60 Å². The van der Waals surface area contributed by atoms with Crippen molar-refractivity contribution in [2.75, 3.05) is 0 Å². The van der Waals surface area contributed by atoms with E-state index in [0.717, 1.165) is 67.8 Å². The molecule has 1 aromatic carbocycles. The lowest BCUT2D eigenvalue weighted by Crippen LogP contribution is -2.52. The number of aliphatic hydroxyl groups excluding tert-OH is 1. The second-order valence-corrected chi connectivity index (χ2v) is 15.9. The average Bonchev–Trinajstić information content (AvgIpc) is 3.60. The number of ether oxygens (including phenoxy) is 2. The fourth-order valence-corrected chi connectivity index (χ4v) is 11.1. The first-order chi connectivity index (χ1) is 22.5. The normalized spacial score (nSPS) is 36.6. The van der Waals surface area contributed by atoms with Crippen LogP contribution in [0.1, 0.15) is 88.8 Å². The second-order valence-electron chi connectivity index (χ2n) is 15.9. The Morgan fingerprint density at radius 2 is 1.87 bits per heavy atom. The third-order valence-corrected chi connectivity index (χ3v) is 13.7. The predicted molar refractivity (Wildman–Crippen MR) is 175 cm³/mol. The molecule has 9 rings (SSSR count). The zero-order valence-electron chi connectivity index (χ0n) is 27.4. The Morgan fingerprint density at radius 3 is 2.72 bits per heavy atom. The summed E-state index contributed by atoms with van der Waals surface area (Å²) in [5, 5.41) is 11.4. The molecule has 8 nitrogen and oxygen atoms in total. The average molecular weight is 635 g/mol. The maximum atomic E-state index is 14.3. The van der Waals surface area contributed by atoms with E-state index in [9.17, 15) is 19.5 Å². The maximum absolute atomic E-state index is 14.3. The molecule has 2 aliphatic heterocycles. The Labute approximate surface area is 274 Å². The summed E-state index contributed by atoms with van der Waals surface area (Å²) in [6, 6.07) is 11.8. The van der Waals surface area contributed by atoms with Gasteiger partial charge in [-0.2, -0.15) is 0 Å². The van der Waals surface area contributed by atoms with Crippen LogP contribution < -0.4 is 5.56 Å². The van der Waals surface area contributed by atoms with Crippen LogP contribution in [0.5, 0.6) is 0 Å². The fourth-order valence-electron chi connectivity index (χ4n) is 11.1. The van der Waals surface area contributed by atoms with Gasteiger partial charge in [-0.05, 0) is 105 Å². The number of hydrogen-bond donors (Lipinski definition) is 1. The maximum Gasteiger partial charge on any atom is 0.355 e. The number of aromatic nitrogens is 2.